The van der Waals surface area contributed by atoms with Gasteiger partial charge in [0.1, 0.15) is 6.54 Å². The molecule has 0 bridgehead atoms. The maximum absolute atomic E-state index is 12.3. The first-order chi connectivity index (χ1) is 10.5. The molecular formula is C16H17ClN2O2S. The zero-order valence-electron chi connectivity index (χ0n) is 12.2. The number of aromatic nitrogens is 1. The summed E-state index contributed by atoms with van der Waals surface area (Å²) >= 11 is 7.04. The van der Waals surface area contributed by atoms with Crippen molar-refractivity contribution < 1.29 is 4.79 Å². The molecule has 6 heteroatoms. The summed E-state index contributed by atoms with van der Waals surface area (Å²) in [5.41, 5.74) is 1.88. The Kier molecular flexibility index (Phi) is 4.36. The number of thiazole rings is 1. The normalized spacial score (nSPS) is 15.5. The Labute approximate surface area is 137 Å². The molecule has 22 heavy (non-hydrogen) atoms. The van der Waals surface area contributed by atoms with E-state index in [1.807, 2.05) is 31.2 Å². The Bertz CT molecular complexity index is 731. The van der Waals surface area contributed by atoms with Gasteiger partial charge in [-0.1, -0.05) is 35.1 Å². The molecule has 0 unspecified atom stereocenters. The van der Waals surface area contributed by atoms with Crippen LogP contribution >= 0.6 is 22.9 Å². The summed E-state index contributed by atoms with van der Waals surface area (Å²) in [6.07, 6.45) is 2.23. The minimum Gasteiger partial charge on any atom is -0.347 e. The number of nitrogens with one attached hydrogen (secondary N) is 1. The number of halogens is 1. The zero-order valence-corrected chi connectivity index (χ0v) is 13.8. The molecular weight excluding hydrogens is 320 g/mol. The quantitative estimate of drug-likeness (QED) is 0.912. The van der Waals surface area contributed by atoms with Crippen molar-refractivity contribution in [3.8, 4) is 0 Å². The fourth-order valence-corrected chi connectivity index (χ4v) is 3.39. The molecule has 3 rings (SSSR count). The van der Waals surface area contributed by atoms with Crippen LogP contribution in [-0.2, 0) is 11.3 Å². The number of hydrogen-bond donors (Lipinski definition) is 1. The summed E-state index contributed by atoms with van der Waals surface area (Å²) in [5, 5.41) is 5.53. The molecule has 1 heterocycles. The van der Waals surface area contributed by atoms with E-state index in [0.717, 1.165) is 35.4 Å². The number of benzene rings is 1. The smallest absolute Gasteiger partial charge is 0.307 e. The van der Waals surface area contributed by atoms with E-state index < -0.39 is 0 Å². The summed E-state index contributed by atoms with van der Waals surface area (Å²) in [6, 6.07) is 7.58. The monoisotopic (exact) mass is 336 g/mol. The van der Waals surface area contributed by atoms with Gasteiger partial charge in [0.2, 0.25) is 5.91 Å². The van der Waals surface area contributed by atoms with Gasteiger partial charge in [0.05, 0.1) is 6.04 Å². The number of aryl methyl sites for hydroxylation is 1. The largest absolute Gasteiger partial charge is 0.347 e. The average molecular weight is 337 g/mol. The SMILES string of the molecule is Cc1csc(=O)n1CC(=O)N[C@H](c1ccc(Cl)cc1)C1CC1. The second kappa shape index (κ2) is 6.26. The molecule has 2 aromatic rings. The van der Waals surface area contributed by atoms with Gasteiger partial charge < -0.3 is 5.32 Å². The van der Waals surface area contributed by atoms with E-state index in [-0.39, 0.29) is 23.4 Å². The van der Waals surface area contributed by atoms with E-state index in [4.69, 9.17) is 11.6 Å². The van der Waals surface area contributed by atoms with Crippen LogP contribution in [0.1, 0.15) is 30.1 Å². The Morgan fingerprint density at radius 2 is 2.09 bits per heavy atom. The van der Waals surface area contributed by atoms with Crippen molar-refractivity contribution in [1.29, 1.82) is 0 Å². The first-order valence-electron chi connectivity index (χ1n) is 7.24. The molecule has 0 spiro atoms. The first kappa shape index (κ1) is 15.3. The van der Waals surface area contributed by atoms with Crippen molar-refractivity contribution in [1.82, 2.24) is 9.88 Å². The highest BCUT2D eigenvalue weighted by Crippen LogP contribution is 2.41. The second-order valence-electron chi connectivity index (χ2n) is 5.66. The van der Waals surface area contributed by atoms with E-state index in [9.17, 15) is 9.59 Å². The average Bonchev–Trinajstić information content (AvgIpc) is 3.28. The van der Waals surface area contributed by atoms with Crippen molar-refractivity contribution in [3.63, 3.8) is 0 Å². The fraction of sp³-hybridized carbons (Fsp3) is 0.375. The number of amides is 1. The molecule has 1 atom stereocenters. The van der Waals surface area contributed by atoms with E-state index >= 15 is 0 Å². The lowest BCUT2D eigenvalue weighted by Gasteiger charge is -2.19. The van der Waals surface area contributed by atoms with Crippen molar-refractivity contribution >= 4 is 28.8 Å². The summed E-state index contributed by atoms with van der Waals surface area (Å²) in [7, 11) is 0. The Morgan fingerprint density at radius 1 is 1.41 bits per heavy atom. The van der Waals surface area contributed by atoms with Crippen LogP contribution in [0, 0.1) is 12.8 Å². The molecule has 0 saturated heterocycles. The van der Waals surface area contributed by atoms with E-state index in [0.29, 0.717) is 10.9 Å². The van der Waals surface area contributed by atoms with Crippen LogP contribution in [-0.4, -0.2) is 10.5 Å². The fourth-order valence-electron chi connectivity index (χ4n) is 2.53. The van der Waals surface area contributed by atoms with Gasteiger partial charge >= 0.3 is 4.87 Å². The number of rotatable bonds is 5. The molecule has 1 amide bonds. The predicted octanol–water partition coefficient (Wildman–Crippen LogP) is 3.14. The van der Waals surface area contributed by atoms with Crippen LogP contribution in [0.2, 0.25) is 5.02 Å². The molecule has 1 saturated carbocycles. The molecule has 0 aliphatic heterocycles. The molecule has 4 nitrogen and oxygen atoms in total. The Morgan fingerprint density at radius 3 is 2.64 bits per heavy atom. The van der Waals surface area contributed by atoms with Crippen LogP contribution in [0.15, 0.2) is 34.4 Å². The highest BCUT2D eigenvalue weighted by atomic mass is 35.5. The van der Waals surface area contributed by atoms with Gasteiger partial charge in [-0.3, -0.25) is 14.2 Å². The van der Waals surface area contributed by atoms with Crippen LogP contribution in [0.4, 0.5) is 0 Å². The lowest BCUT2D eigenvalue weighted by atomic mass is 10.0. The predicted molar refractivity (Wildman–Crippen MR) is 88.4 cm³/mol. The third kappa shape index (κ3) is 3.42. The molecule has 116 valence electrons. The second-order valence-corrected chi connectivity index (χ2v) is 6.92. The van der Waals surface area contributed by atoms with Gasteiger partial charge in [0, 0.05) is 16.1 Å². The number of carbonyl (C=O) groups excluding carboxylic acids is 1. The number of hydrogen-bond acceptors (Lipinski definition) is 3. The highest BCUT2D eigenvalue weighted by molar-refractivity contribution is 7.07. The van der Waals surface area contributed by atoms with Crippen LogP contribution in [0.25, 0.3) is 0 Å². The summed E-state index contributed by atoms with van der Waals surface area (Å²) in [5.74, 6) is 0.348. The van der Waals surface area contributed by atoms with Gasteiger partial charge in [-0.15, -0.1) is 0 Å². The molecule has 1 aliphatic carbocycles. The summed E-state index contributed by atoms with van der Waals surface area (Å²) in [4.78, 5) is 23.9. The lowest BCUT2D eigenvalue weighted by Crippen LogP contribution is -2.34. The minimum atomic E-state index is -0.129. The van der Waals surface area contributed by atoms with Gasteiger partial charge in [-0.05, 0) is 43.4 Å². The topological polar surface area (TPSA) is 51.1 Å². The third-order valence-corrected chi connectivity index (χ3v) is 5.05. The molecule has 1 N–H and O–H groups in total. The minimum absolute atomic E-state index is 0.000546. The Hall–Kier alpha value is -1.59. The van der Waals surface area contributed by atoms with Gasteiger partial charge in [0.15, 0.2) is 0 Å². The van der Waals surface area contributed by atoms with Crippen LogP contribution < -0.4 is 10.2 Å². The maximum Gasteiger partial charge on any atom is 0.307 e. The van der Waals surface area contributed by atoms with Crippen LogP contribution in [0.3, 0.4) is 0 Å². The standard InChI is InChI=1S/C16H17ClN2O2S/c1-10-9-22-16(21)19(10)8-14(20)18-15(11-2-3-11)12-4-6-13(17)7-5-12/h4-7,9,11,15H,2-3,8H2,1H3,(H,18,20)/t15-/m0/s1. The van der Waals surface area contributed by atoms with Crippen molar-refractivity contribution in [2.75, 3.05) is 0 Å². The lowest BCUT2D eigenvalue weighted by molar-refractivity contribution is -0.122. The zero-order chi connectivity index (χ0) is 15.7. The van der Waals surface area contributed by atoms with Gasteiger partial charge in [-0.2, -0.15) is 0 Å². The summed E-state index contributed by atoms with van der Waals surface area (Å²) < 4.78 is 1.51. The van der Waals surface area contributed by atoms with Crippen molar-refractivity contribution in [2.45, 2.75) is 32.4 Å². The van der Waals surface area contributed by atoms with Crippen LogP contribution in [0.5, 0.6) is 0 Å². The van der Waals surface area contributed by atoms with Crippen molar-refractivity contribution in [2.24, 2.45) is 5.92 Å². The highest BCUT2D eigenvalue weighted by Gasteiger charge is 2.33. The van der Waals surface area contributed by atoms with Gasteiger partial charge in [-0.25, -0.2) is 0 Å². The molecule has 1 aromatic heterocycles. The van der Waals surface area contributed by atoms with E-state index in [1.165, 1.54) is 4.57 Å². The molecule has 0 radical (unpaired) electrons. The summed E-state index contributed by atoms with van der Waals surface area (Å²) in [6.45, 7) is 1.91. The first-order valence-corrected chi connectivity index (χ1v) is 8.50. The third-order valence-electron chi connectivity index (χ3n) is 3.92. The molecule has 1 aromatic carbocycles. The van der Waals surface area contributed by atoms with Gasteiger partial charge in [0.25, 0.3) is 0 Å². The Balaban J connectivity index is 1.73. The maximum atomic E-state index is 12.3. The molecule has 1 fully saturated rings. The van der Waals surface area contributed by atoms with E-state index in [1.54, 1.807) is 5.38 Å². The van der Waals surface area contributed by atoms with Crippen molar-refractivity contribution in [3.05, 3.63) is 55.6 Å². The van der Waals surface area contributed by atoms with E-state index in [2.05, 4.69) is 5.32 Å². The number of nitrogens with zero attached hydrogens (tertiary/aromatic N) is 1. The molecule has 1 aliphatic rings. The number of carbonyl (C=O) groups is 1.